The summed E-state index contributed by atoms with van der Waals surface area (Å²) >= 11 is 6.94. The summed E-state index contributed by atoms with van der Waals surface area (Å²) in [6.07, 6.45) is 2.17. The number of fused-ring (bicyclic) bond motifs is 1. The average molecular weight is 434 g/mol. The molecule has 6 heteroatoms. The van der Waals surface area contributed by atoms with E-state index in [0.29, 0.717) is 28.2 Å². The molecule has 0 amide bonds. The Hall–Kier alpha value is -1.59. The van der Waals surface area contributed by atoms with Gasteiger partial charge in [-0.2, -0.15) is 0 Å². The number of hydrogen-bond acceptors (Lipinski definition) is 3. The maximum Gasteiger partial charge on any atom is 0.193 e. The Morgan fingerprint density at radius 1 is 1.17 bits per heavy atom. The van der Waals surface area contributed by atoms with Crippen molar-refractivity contribution in [3.05, 3.63) is 38.4 Å². The van der Waals surface area contributed by atoms with Crippen molar-refractivity contribution in [1.82, 2.24) is 4.57 Å². The van der Waals surface area contributed by atoms with E-state index in [-0.39, 0.29) is 34.8 Å². The highest BCUT2D eigenvalue weighted by Crippen LogP contribution is 2.54. The van der Waals surface area contributed by atoms with Crippen LogP contribution in [0.4, 0.5) is 10.1 Å². The molecule has 4 nitrogen and oxygen atoms in total. The van der Waals surface area contributed by atoms with Crippen LogP contribution in [0.5, 0.6) is 0 Å². The molecule has 1 aliphatic heterocycles. The monoisotopic (exact) mass is 433 g/mol. The molecule has 1 saturated heterocycles. The largest absolute Gasteiger partial charge is 0.366 e. The lowest BCUT2D eigenvalue weighted by Crippen LogP contribution is -2.30. The molecule has 2 N–H and O–H groups in total. The number of rotatable bonds is 4. The van der Waals surface area contributed by atoms with Crippen molar-refractivity contribution >= 4 is 28.2 Å². The van der Waals surface area contributed by atoms with Gasteiger partial charge in [0.05, 0.1) is 21.6 Å². The third-order valence-corrected chi connectivity index (χ3v) is 7.35. The highest BCUT2D eigenvalue weighted by atomic mass is 35.5. The zero-order valence-electron chi connectivity index (χ0n) is 18.9. The summed E-state index contributed by atoms with van der Waals surface area (Å²) in [6, 6.07) is 1.51. The van der Waals surface area contributed by atoms with Crippen LogP contribution in [-0.2, 0) is 0 Å². The fourth-order valence-corrected chi connectivity index (χ4v) is 5.75. The van der Waals surface area contributed by atoms with Gasteiger partial charge in [-0.15, -0.1) is 0 Å². The van der Waals surface area contributed by atoms with E-state index in [4.69, 9.17) is 17.3 Å². The number of nitrogens with zero attached hydrogens (tertiary/aromatic N) is 2. The first kappa shape index (κ1) is 21.6. The smallest absolute Gasteiger partial charge is 0.193 e. The van der Waals surface area contributed by atoms with E-state index >= 15 is 4.39 Å². The Labute approximate surface area is 183 Å². The summed E-state index contributed by atoms with van der Waals surface area (Å²) in [5.74, 6) is -0.254. The van der Waals surface area contributed by atoms with Gasteiger partial charge in [-0.1, -0.05) is 39.3 Å². The maximum absolute atomic E-state index is 15.4. The molecule has 0 radical (unpaired) electrons. The predicted octanol–water partition coefficient (Wildman–Crippen LogP) is 5.55. The minimum absolute atomic E-state index is 0.0329. The summed E-state index contributed by atoms with van der Waals surface area (Å²) in [6.45, 7) is 13.7. The molecule has 1 atom stereocenters. The van der Waals surface area contributed by atoms with Crippen LogP contribution in [-0.4, -0.2) is 23.7 Å². The lowest BCUT2D eigenvalue weighted by atomic mass is 9.91. The van der Waals surface area contributed by atoms with E-state index in [2.05, 4.69) is 32.3 Å². The quantitative estimate of drug-likeness (QED) is 0.687. The first-order chi connectivity index (χ1) is 14.0. The van der Waals surface area contributed by atoms with E-state index in [1.807, 2.05) is 18.7 Å². The van der Waals surface area contributed by atoms with Crippen molar-refractivity contribution in [2.45, 2.75) is 78.3 Å². The summed E-state index contributed by atoms with van der Waals surface area (Å²) in [7, 11) is 0. The summed E-state index contributed by atoms with van der Waals surface area (Å²) in [5.41, 5.74) is 9.16. The summed E-state index contributed by atoms with van der Waals surface area (Å²) in [5, 5.41) is 0.700. The van der Waals surface area contributed by atoms with Crippen LogP contribution < -0.4 is 16.1 Å². The number of benzene rings is 1. The lowest BCUT2D eigenvalue weighted by Gasteiger charge is -2.29. The predicted molar refractivity (Wildman–Crippen MR) is 124 cm³/mol. The van der Waals surface area contributed by atoms with Gasteiger partial charge >= 0.3 is 0 Å². The van der Waals surface area contributed by atoms with Crippen LogP contribution >= 0.6 is 11.6 Å². The van der Waals surface area contributed by atoms with Crippen molar-refractivity contribution in [1.29, 1.82) is 0 Å². The van der Waals surface area contributed by atoms with Crippen LogP contribution in [0, 0.1) is 11.2 Å². The summed E-state index contributed by atoms with van der Waals surface area (Å²) in [4.78, 5) is 15.5. The standard InChI is InChI=1S/C24H33ClFN3O/c1-12(2)18-20(13(3)4)29(14(5)6)21-15(23(18)30)9-16(26)22(19(21)25)28-10-17(27)24(11-28)7-8-24/h9,12-14,17H,7-8,10-11,27H2,1-6H3. The van der Waals surface area contributed by atoms with Crippen molar-refractivity contribution in [2.24, 2.45) is 11.1 Å². The first-order valence-electron chi connectivity index (χ1n) is 11.1. The minimum atomic E-state index is -0.434. The molecule has 1 saturated carbocycles. The van der Waals surface area contributed by atoms with Crippen molar-refractivity contribution in [2.75, 3.05) is 18.0 Å². The number of hydrogen-bond donors (Lipinski definition) is 1. The van der Waals surface area contributed by atoms with Gasteiger partial charge in [0.2, 0.25) is 0 Å². The fraction of sp³-hybridized carbons (Fsp3) is 0.625. The van der Waals surface area contributed by atoms with Gasteiger partial charge in [0.15, 0.2) is 5.43 Å². The second-order valence-corrected chi connectivity index (χ2v) is 10.5. The Morgan fingerprint density at radius 3 is 2.27 bits per heavy atom. The van der Waals surface area contributed by atoms with Gasteiger partial charge in [0, 0.05) is 41.8 Å². The third-order valence-electron chi connectivity index (χ3n) is 6.99. The number of pyridine rings is 1. The van der Waals surface area contributed by atoms with Gasteiger partial charge in [-0.05, 0) is 44.6 Å². The Kier molecular flexibility index (Phi) is 5.22. The van der Waals surface area contributed by atoms with E-state index in [1.54, 1.807) is 0 Å². The first-order valence-corrected chi connectivity index (χ1v) is 11.5. The molecule has 1 unspecified atom stereocenters. The minimum Gasteiger partial charge on any atom is -0.366 e. The molecule has 2 aromatic rings. The second-order valence-electron chi connectivity index (χ2n) is 10.2. The molecule has 1 aromatic carbocycles. The normalized spacial score (nSPS) is 20.5. The highest BCUT2D eigenvalue weighted by molar-refractivity contribution is 6.38. The molecule has 164 valence electrons. The Balaban J connectivity index is 2.07. The van der Waals surface area contributed by atoms with Crippen LogP contribution in [0.3, 0.4) is 0 Å². The van der Waals surface area contributed by atoms with E-state index in [9.17, 15) is 4.79 Å². The van der Waals surface area contributed by atoms with E-state index < -0.39 is 5.82 Å². The zero-order valence-corrected chi connectivity index (χ0v) is 19.6. The zero-order chi connectivity index (χ0) is 22.1. The molecular formula is C24H33ClFN3O. The fourth-order valence-electron chi connectivity index (χ4n) is 5.35. The molecule has 1 spiro atoms. The Bertz CT molecular complexity index is 1070. The molecule has 4 rings (SSSR count). The molecule has 2 heterocycles. The Morgan fingerprint density at radius 2 is 1.80 bits per heavy atom. The van der Waals surface area contributed by atoms with Crippen LogP contribution in [0.15, 0.2) is 10.9 Å². The van der Waals surface area contributed by atoms with Gasteiger partial charge in [-0.25, -0.2) is 4.39 Å². The van der Waals surface area contributed by atoms with Gasteiger partial charge < -0.3 is 15.2 Å². The van der Waals surface area contributed by atoms with Crippen molar-refractivity contribution in [3.63, 3.8) is 0 Å². The number of halogens is 2. The molecule has 1 aliphatic carbocycles. The van der Waals surface area contributed by atoms with Crippen LogP contribution in [0.1, 0.15) is 83.5 Å². The number of aromatic nitrogens is 1. The third kappa shape index (κ3) is 3.08. The van der Waals surface area contributed by atoms with Crippen molar-refractivity contribution < 1.29 is 4.39 Å². The highest BCUT2D eigenvalue weighted by Gasteiger charge is 2.54. The van der Waals surface area contributed by atoms with Crippen LogP contribution in [0.25, 0.3) is 10.9 Å². The van der Waals surface area contributed by atoms with Gasteiger partial charge in [-0.3, -0.25) is 4.79 Å². The molecule has 2 fully saturated rings. The average Bonchev–Trinajstić information content (AvgIpc) is 3.34. The van der Waals surface area contributed by atoms with Gasteiger partial charge in [0.1, 0.15) is 5.82 Å². The SMILES string of the molecule is CC(C)c1c(C(C)C)n(C(C)C)c2c(Cl)c(N3CC(N)C4(CC4)C3)c(F)cc2c1=O. The molecule has 1 aromatic heterocycles. The van der Waals surface area contributed by atoms with Crippen LogP contribution in [0.2, 0.25) is 5.02 Å². The second kappa shape index (κ2) is 7.23. The molecule has 30 heavy (non-hydrogen) atoms. The van der Waals surface area contributed by atoms with Crippen molar-refractivity contribution in [3.8, 4) is 0 Å². The number of nitrogens with two attached hydrogens (primary N) is 1. The van der Waals surface area contributed by atoms with Gasteiger partial charge in [0.25, 0.3) is 0 Å². The molecular weight excluding hydrogens is 401 g/mol. The molecule has 0 bridgehead atoms. The van der Waals surface area contributed by atoms with E-state index in [1.165, 1.54) is 6.07 Å². The van der Waals surface area contributed by atoms with E-state index in [0.717, 1.165) is 30.6 Å². The maximum atomic E-state index is 15.4. The summed E-state index contributed by atoms with van der Waals surface area (Å²) < 4.78 is 17.6. The lowest BCUT2D eigenvalue weighted by molar-refractivity contribution is 0.499. The molecule has 2 aliphatic rings. The topological polar surface area (TPSA) is 51.3 Å². The number of anilines is 1.